The highest BCUT2D eigenvalue weighted by Gasteiger charge is 2.12. The average molecular weight is 237 g/mol. The monoisotopic (exact) mass is 237 g/mol. The van der Waals surface area contributed by atoms with Gasteiger partial charge in [-0.1, -0.05) is 26.0 Å². The second kappa shape index (κ2) is 6.25. The summed E-state index contributed by atoms with van der Waals surface area (Å²) in [5, 5.41) is 8.73. The topological polar surface area (TPSA) is 72.5 Å². The van der Waals surface area contributed by atoms with Crippen LogP contribution in [-0.2, 0) is 11.2 Å². The molecule has 0 radical (unpaired) electrons. The molecule has 0 aliphatic carbocycles. The van der Waals surface area contributed by atoms with Crippen LogP contribution < -0.4 is 10.5 Å². The first-order valence-corrected chi connectivity index (χ1v) is 5.69. The molecule has 1 atom stereocenters. The van der Waals surface area contributed by atoms with Crippen molar-refractivity contribution in [3.63, 3.8) is 0 Å². The van der Waals surface area contributed by atoms with Gasteiger partial charge in [-0.15, -0.1) is 0 Å². The molecule has 0 heterocycles. The summed E-state index contributed by atoms with van der Waals surface area (Å²) < 4.78 is 5.56. The van der Waals surface area contributed by atoms with Gasteiger partial charge in [-0.05, 0) is 30.0 Å². The number of aliphatic carboxylic acids is 1. The van der Waals surface area contributed by atoms with E-state index in [1.54, 1.807) is 0 Å². The van der Waals surface area contributed by atoms with Crippen molar-refractivity contribution in [1.29, 1.82) is 0 Å². The zero-order chi connectivity index (χ0) is 12.8. The third-order valence-electron chi connectivity index (χ3n) is 2.25. The Bertz CT molecular complexity index is 377. The summed E-state index contributed by atoms with van der Waals surface area (Å²) in [5.41, 5.74) is 6.36. The van der Waals surface area contributed by atoms with E-state index in [2.05, 4.69) is 13.8 Å². The Morgan fingerprint density at radius 3 is 2.76 bits per heavy atom. The Balaban J connectivity index is 2.62. The van der Waals surface area contributed by atoms with Crippen LogP contribution in [0.4, 0.5) is 0 Å². The van der Waals surface area contributed by atoms with Crippen LogP contribution in [0.15, 0.2) is 24.3 Å². The van der Waals surface area contributed by atoms with Gasteiger partial charge in [0.25, 0.3) is 0 Å². The summed E-state index contributed by atoms with van der Waals surface area (Å²) in [5.74, 6) is 0.229. The number of carboxylic acids is 1. The Hall–Kier alpha value is -1.55. The number of ether oxygens (including phenoxy) is 1. The van der Waals surface area contributed by atoms with Crippen LogP contribution in [0.2, 0.25) is 0 Å². The maximum Gasteiger partial charge on any atom is 0.320 e. The van der Waals surface area contributed by atoms with Gasteiger partial charge in [0.15, 0.2) is 0 Å². The molecule has 0 amide bonds. The van der Waals surface area contributed by atoms with Gasteiger partial charge in [0.1, 0.15) is 11.8 Å². The molecule has 3 N–H and O–H groups in total. The van der Waals surface area contributed by atoms with Crippen LogP contribution in [0, 0.1) is 5.92 Å². The number of benzene rings is 1. The summed E-state index contributed by atoms with van der Waals surface area (Å²) in [6.45, 7) is 4.79. The zero-order valence-electron chi connectivity index (χ0n) is 10.2. The first kappa shape index (κ1) is 13.5. The van der Waals surface area contributed by atoms with Crippen LogP contribution in [0.25, 0.3) is 0 Å². The van der Waals surface area contributed by atoms with Crippen molar-refractivity contribution in [2.75, 3.05) is 6.61 Å². The predicted octanol–water partition coefficient (Wildman–Crippen LogP) is 1.68. The fraction of sp³-hybridized carbons (Fsp3) is 0.462. The van der Waals surface area contributed by atoms with Crippen molar-refractivity contribution in [3.05, 3.63) is 29.8 Å². The number of hydrogen-bond donors (Lipinski definition) is 2. The maximum absolute atomic E-state index is 10.6. The molecule has 0 spiro atoms. The van der Waals surface area contributed by atoms with Crippen LogP contribution in [-0.4, -0.2) is 23.7 Å². The van der Waals surface area contributed by atoms with Gasteiger partial charge in [0.05, 0.1) is 6.61 Å². The number of carboxylic acid groups (broad SMARTS) is 1. The SMILES string of the molecule is CC(C)COc1cccc(C[C@@H](N)C(=O)O)c1. The molecule has 0 aliphatic rings. The van der Waals surface area contributed by atoms with Gasteiger partial charge in [-0.25, -0.2) is 0 Å². The van der Waals surface area contributed by atoms with Gasteiger partial charge in [-0.2, -0.15) is 0 Å². The Morgan fingerprint density at radius 1 is 1.47 bits per heavy atom. The fourth-order valence-corrected chi connectivity index (χ4v) is 1.37. The highest BCUT2D eigenvalue weighted by atomic mass is 16.5. The number of hydrogen-bond acceptors (Lipinski definition) is 3. The molecule has 0 saturated carbocycles. The molecule has 0 fully saturated rings. The van der Waals surface area contributed by atoms with Gasteiger partial charge >= 0.3 is 5.97 Å². The summed E-state index contributed by atoms with van der Waals surface area (Å²) in [6, 6.07) is 6.53. The smallest absolute Gasteiger partial charge is 0.320 e. The number of carbonyl (C=O) groups is 1. The van der Waals surface area contributed by atoms with E-state index in [0.717, 1.165) is 11.3 Å². The van der Waals surface area contributed by atoms with Gasteiger partial charge < -0.3 is 15.6 Å². The quantitative estimate of drug-likeness (QED) is 0.789. The van der Waals surface area contributed by atoms with Crippen molar-refractivity contribution < 1.29 is 14.6 Å². The Kier molecular flexibility index (Phi) is 4.97. The Labute approximate surface area is 101 Å². The number of rotatable bonds is 6. The minimum absolute atomic E-state index is 0.314. The van der Waals surface area contributed by atoms with Crippen molar-refractivity contribution in [2.24, 2.45) is 11.7 Å². The largest absolute Gasteiger partial charge is 0.493 e. The minimum atomic E-state index is -0.987. The normalized spacial score (nSPS) is 12.5. The highest BCUT2D eigenvalue weighted by Crippen LogP contribution is 2.15. The predicted molar refractivity (Wildman–Crippen MR) is 66.1 cm³/mol. The second-order valence-electron chi connectivity index (χ2n) is 4.50. The van der Waals surface area contributed by atoms with Crippen LogP contribution in [0.5, 0.6) is 5.75 Å². The molecule has 0 saturated heterocycles. The minimum Gasteiger partial charge on any atom is -0.493 e. The van der Waals surface area contributed by atoms with Crippen LogP contribution >= 0.6 is 0 Å². The lowest BCUT2D eigenvalue weighted by Gasteiger charge is -2.11. The molecule has 17 heavy (non-hydrogen) atoms. The summed E-state index contributed by atoms with van der Waals surface area (Å²) in [7, 11) is 0. The lowest BCUT2D eigenvalue weighted by molar-refractivity contribution is -0.138. The molecule has 0 aliphatic heterocycles. The fourth-order valence-electron chi connectivity index (χ4n) is 1.37. The van der Waals surface area contributed by atoms with Crippen molar-refractivity contribution in [1.82, 2.24) is 0 Å². The Morgan fingerprint density at radius 2 is 2.18 bits per heavy atom. The van der Waals surface area contributed by atoms with Gasteiger partial charge in [0.2, 0.25) is 0 Å². The van der Waals surface area contributed by atoms with E-state index in [1.165, 1.54) is 0 Å². The summed E-state index contributed by atoms with van der Waals surface area (Å²) >= 11 is 0. The van der Waals surface area contributed by atoms with E-state index < -0.39 is 12.0 Å². The van der Waals surface area contributed by atoms with Crippen LogP contribution in [0.1, 0.15) is 19.4 Å². The maximum atomic E-state index is 10.6. The molecule has 1 rings (SSSR count). The molecule has 4 heteroatoms. The van der Waals surface area contributed by atoms with E-state index in [4.69, 9.17) is 15.6 Å². The van der Waals surface area contributed by atoms with E-state index >= 15 is 0 Å². The molecule has 1 aromatic rings. The standard InChI is InChI=1S/C13H19NO3/c1-9(2)8-17-11-5-3-4-10(6-11)7-12(14)13(15)16/h3-6,9,12H,7-8,14H2,1-2H3,(H,15,16)/t12-/m1/s1. The van der Waals surface area contributed by atoms with Crippen molar-refractivity contribution >= 4 is 5.97 Å². The number of nitrogens with two attached hydrogens (primary N) is 1. The zero-order valence-corrected chi connectivity index (χ0v) is 10.2. The molecule has 94 valence electrons. The molecule has 0 aromatic heterocycles. The molecular formula is C13H19NO3. The first-order valence-electron chi connectivity index (χ1n) is 5.69. The van der Waals surface area contributed by atoms with Gasteiger partial charge in [0, 0.05) is 0 Å². The third kappa shape index (κ3) is 4.87. The van der Waals surface area contributed by atoms with Gasteiger partial charge in [-0.3, -0.25) is 4.79 Å². The molecule has 0 unspecified atom stereocenters. The molecule has 0 bridgehead atoms. The second-order valence-corrected chi connectivity index (χ2v) is 4.50. The van der Waals surface area contributed by atoms with E-state index in [9.17, 15) is 4.79 Å². The van der Waals surface area contributed by atoms with Crippen LogP contribution in [0.3, 0.4) is 0 Å². The first-order chi connectivity index (χ1) is 7.99. The highest BCUT2D eigenvalue weighted by molar-refractivity contribution is 5.73. The lowest BCUT2D eigenvalue weighted by atomic mass is 10.1. The van der Waals surface area contributed by atoms with Crippen molar-refractivity contribution in [3.8, 4) is 5.75 Å². The van der Waals surface area contributed by atoms with E-state index in [-0.39, 0.29) is 0 Å². The summed E-state index contributed by atoms with van der Waals surface area (Å²) in [6.07, 6.45) is 0.314. The van der Waals surface area contributed by atoms with Crippen molar-refractivity contribution in [2.45, 2.75) is 26.3 Å². The lowest BCUT2D eigenvalue weighted by Crippen LogP contribution is -2.32. The molecule has 4 nitrogen and oxygen atoms in total. The van der Waals surface area contributed by atoms with E-state index in [0.29, 0.717) is 18.9 Å². The molecular weight excluding hydrogens is 218 g/mol. The van der Waals surface area contributed by atoms with E-state index in [1.807, 2.05) is 24.3 Å². The molecule has 1 aromatic carbocycles. The summed E-state index contributed by atoms with van der Waals surface area (Å²) in [4.78, 5) is 10.6. The average Bonchev–Trinajstić information content (AvgIpc) is 2.26. The third-order valence-corrected chi connectivity index (χ3v) is 2.25.